The lowest BCUT2D eigenvalue weighted by molar-refractivity contribution is -0.275. The summed E-state index contributed by atoms with van der Waals surface area (Å²) in [6.07, 6.45) is -6.34. The fraction of sp³-hybridized carbons (Fsp3) is 0.143. The maximum absolute atomic E-state index is 13.3. The zero-order valence-corrected chi connectivity index (χ0v) is 12.0. The minimum absolute atomic E-state index is 0.105. The van der Waals surface area contributed by atoms with Crippen molar-refractivity contribution in [2.75, 3.05) is 0 Å². The summed E-state index contributed by atoms with van der Waals surface area (Å²) in [5, 5.41) is 10.2. The highest BCUT2D eigenvalue weighted by Crippen LogP contribution is 2.36. The van der Waals surface area contributed by atoms with Crippen LogP contribution >= 0.6 is 15.9 Å². The number of hydrogen-bond donors (Lipinski definition) is 1. The molecule has 0 aliphatic heterocycles. The third-order valence-electron chi connectivity index (χ3n) is 2.69. The molecule has 112 valence electrons. The van der Waals surface area contributed by atoms with Crippen LogP contribution in [0, 0.1) is 5.82 Å². The molecule has 0 heterocycles. The quantitative estimate of drug-likeness (QED) is 0.808. The molecule has 2 aromatic carbocycles. The first-order chi connectivity index (χ1) is 9.78. The molecular weight excluding hydrogens is 356 g/mol. The largest absolute Gasteiger partial charge is 0.573 e. The molecule has 7 heteroatoms. The highest BCUT2D eigenvalue weighted by molar-refractivity contribution is 9.10. The summed E-state index contributed by atoms with van der Waals surface area (Å²) in [5.41, 5.74) is -0.00523. The van der Waals surface area contributed by atoms with Crippen LogP contribution in [0.5, 0.6) is 5.75 Å². The number of hydrogen-bond acceptors (Lipinski definition) is 2. The van der Waals surface area contributed by atoms with E-state index in [2.05, 4.69) is 20.7 Å². The van der Waals surface area contributed by atoms with Gasteiger partial charge in [0.25, 0.3) is 0 Å². The molecule has 0 fully saturated rings. The zero-order valence-electron chi connectivity index (χ0n) is 10.4. The van der Waals surface area contributed by atoms with E-state index in [1.54, 1.807) is 0 Å². The van der Waals surface area contributed by atoms with Crippen LogP contribution in [0.1, 0.15) is 17.2 Å². The lowest BCUT2D eigenvalue weighted by Crippen LogP contribution is -2.19. The van der Waals surface area contributed by atoms with E-state index in [1.165, 1.54) is 30.3 Å². The molecule has 0 saturated heterocycles. The number of aliphatic hydroxyl groups is 1. The molecule has 0 spiro atoms. The van der Waals surface area contributed by atoms with E-state index in [0.29, 0.717) is 4.47 Å². The van der Waals surface area contributed by atoms with Gasteiger partial charge in [-0.25, -0.2) is 4.39 Å². The van der Waals surface area contributed by atoms with Crippen molar-refractivity contribution in [1.29, 1.82) is 0 Å². The van der Waals surface area contributed by atoms with Crippen LogP contribution in [0.2, 0.25) is 0 Å². The Morgan fingerprint density at radius 3 is 2.38 bits per heavy atom. The van der Waals surface area contributed by atoms with Crippen LogP contribution in [-0.4, -0.2) is 11.5 Å². The third-order valence-corrected chi connectivity index (χ3v) is 3.41. The second kappa shape index (κ2) is 6.03. The van der Waals surface area contributed by atoms with Crippen LogP contribution < -0.4 is 4.74 Å². The smallest absolute Gasteiger partial charge is 0.405 e. The molecule has 0 aliphatic rings. The van der Waals surface area contributed by atoms with Crippen molar-refractivity contribution in [2.45, 2.75) is 12.5 Å². The van der Waals surface area contributed by atoms with Crippen molar-refractivity contribution in [3.63, 3.8) is 0 Å². The lowest BCUT2D eigenvalue weighted by Gasteiger charge is -2.18. The molecule has 1 atom stereocenters. The van der Waals surface area contributed by atoms with Gasteiger partial charge in [0, 0.05) is 15.6 Å². The fourth-order valence-electron chi connectivity index (χ4n) is 1.82. The van der Waals surface area contributed by atoms with Gasteiger partial charge in [-0.3, -0.25) is 0 Å². The number of benzene rings is 2. The predicted molar refractivity (Wildman–Crippen MR) is 71.3 cm³/mol. The summed E-state index contributed by atoms with van der Waals surface area (Å²) in [6, 6.07) is 8.73. The molecule has 2 aromatic rings. The Balaban J connectivity index is 2.44. The summed E-state index contributed by atoms with van der Waals surface area (Å²) in [6.45, 7) is 0. The average molecular weight is 365 g/mol. The molecular formula is C14H9BrF4O2. The first-order valence-electron chi connectivity index (χ1n) is 5.75. The number of rotatable bonds is 3. The van der Waals surface area contributed by atoms with Gasteiger partial charge < -0.3 is 9.84 Å². The van der Waals surface area contributed by atoms with Crippen molar-refractivity contribution in [1.82, 2.24) is 0 Å². The van der Waals surface area contributed by atoms with Crippen molar-refractivity contribution in [3.8, 4) is 5.75 Å². The fourth-order valence-corrected chi connectivity index (χ4v) is 2.28. The van der Waals surface area contributed by atoms with Crippen LogP contribution in [0.4, 0.5) is 17.6 Å². The van der Waals surface area contributed by atoms with Gasteiger partial charge in [0.15, 0.2) is 0 Å². The maximum Gasteiger partial charge on any atom is 0.573 e. The van der Waals surface area contributed by atoms with Crippen LogP contribution in [0.3, 0.4) is 0 Å². The number of ether oxygens (including phenoxy) is 1. The van der Waals surface area contributed by atoms with E-state index < -0.39 is 24.0 Å². The SMILES string of the molecule is OC(c1cc(F)ccc1Br)c1ccccc1OC(F)(F)F. The van der Waals surface area contributed by atoms with Gasteiger partial charge >= 0.3 is 6.36 Å². The van der Waals surface area contributed by atoms with E-state index in [9.17, 15) is 22.7 Å². The maximum atomic E-state index is 13.3. The second-order valence-corrected chi connectivity index (χ2v) is 5.01. The summed E-state index contributed by atoms with van der Waals surface area (Å²) in [5.74, 6) is -1.14. The highest BCUT2D eigenvalue weighted by atomic mass is 79.9. The number of halogens is 5. The molecule has 2 nitrogen and oxygen atoms in total. The zero-order chi connectivity index (χ0) is 15.6. The molecule has 0 bridgehead atoms. The normalized spacial score (nSPS) is 13.0. The molecule has 1 unspecified atom stereocenters. The summed E-state index contributed by atoms with van der Waals surface area (Å²) in [4.78, 5) is 0. The standard InChI is InChI=1S/C14H9BrF4O2/c15-11-6-5-8(16)7-10(11)13(20)9-3-1-2-4-12(9)21-14(17,18)19/h1-7,13,20H. The average Bonchev–Trinajstić information content (AvgIpc) is 2.39. The minimum atomic E-state index is -4.88. The van der Waals surface area contributed by atoms with Gasteiger partial charge in [0.1, 0.15) is 17.7 Å². The molecule has 21 heavy (non-hydrogen) atoms. The predicted octanol–water partition coefficient (Wildman–Crippen LogP) is 4.57. The molecule has 2 rings (SSSR count). The van der Waals surface area contributed by atoms with E-state index in [0.717, 1.165) is 12.1 Å². The van der Waals surface area contributed by atoms with Crippen LogP contribution in [0.15, 0.2) is 46.9 Å². The minimum Gasteiger partial charge on any atom is -0.405 e. The molecule has 0 aliphatic carbocycles. The van der Waals surface area contributed by atoms with Gasteiger partial charge in [-0.05, 0) is 24.3 Å². The van der Waals surface area contributed by atoms with Crippen LogP contribution in [0.25, 0.3) is 0 Å². The summed E-state index contributed by atoms with van der Waals surface area (Å²) in [7, 11) is 0. The third kappa shape index (κ3) is 3.95. The number of para-hydroxylation sites is 1. The van der Waals surface area contributed by atoms with E-state index >= 15 is 0 Å². The Hall–Kier alpha value is -1.60. The van der Waals surface area contributed by atoms with E-state index in [1.807, 2.05) is 0 Å². The van der Waals surface area contributed by atoms with Crippen molar-refractivity contribution < 1.29 is 27.4 Å². The number of aliphatic hydroxyl groups excluding tert-OH is 1. The van der Waals surface area contributed by atoms with Crippen LogP contribution in [-0.2, 0) is 0 Å². The van der Waals surface area contributed by atoms with E-state index in [4.69, 9.17) is 0 Å². The van der Waals surface area contributed by atoms with Gasteiger partial charge in [-0.2, -0.15) is 0 Å². The first-order valence-corrected chi connectivity index (χ1v) is 6.55. The Morgan fingerprint density at radius 1 is 1.05 bits per heavy atom. The Kier molecular flexibility index (Phi) is 4.53. The monoisotopic (exact) mass is 364 g/mol. The van der Waals surface area contributed by atoms with Crippen molar-refractivity contribution >= 4 is 15.9 Å². The van der Waals surface area contributed by atoms with Gasteiger partial charge in [-0.1, -0.05) is 34.1 Å². The molecule has 0 amide bonds. The van der Waals surface area contributed by atoms with E-state index in [-0.39, 0.29) is 11.1 Å². The van der Waals surface area contributed by atoms with Crippen molar-refractivity contribution in [3.05, 3.63) is 63.9 Å². The highest BCUT2D eigenvalue weighted by Gasteiger charge is 2.33. The Morgan fingerprint density at radius 2 is 1.71 bits per heavy atom. The second-order valence-electron chi connectivity index (χ2n) is 4.15. The molecule has 0 aromatic heterocycles. The summed E-state index contributed by atoms with van der Waals surface area (Å²) >= 11 is 3.12. The Labute approximate surface area is 126 Å². The van der Waals surface area contributed by atoms with Gasteiger partial charge in [0.05, 0.1) is 0 Å². The lowest BCUT2D eigenvalue weighted by atomic mass is 10.0. The Bertz CT molecular complexity index is 643. The van der Waals surface area contributed by atoms with Gasteiger partial charge in [0.2, 0.25) is 0 Å². The van der Waals surface area contributed by atoms with Crippen molar-refractivity contribution in [2.24, 2.45) is 0 Å². The topological polar surface area (TPSA) is 29.5 Å². The molecule has 1 N–H and O–H groups in total. The summed E-state index contributed by atoms with van der Waals surface area (Å²) < 4.78 is 54.6. The molecule has 0 saturated carbocycles. The first kappa shape index (κ1) is 15.8. The molecule has 0 radical (unpaired) electrons. The number of alkyl halides is 3. The van der Waals surface area contributed by atoms with Gasteiger partial charge in [-0.15, -0.1) is 13.2 Å².